The van der Waals surface area contributed by atoms with Gasteiger partial charge in [0.1, 0.15) is 5.82 Å². The molecule has 2 amide bonds. The molecule has 24 heavy (non-hydrogen) atoms. The van der Waals surface area contributed by atoms with E-state index in [9.17, 15) is 9.59 Å². The molecular weight excluding hydrogens is 308 g/mol. The molecule has 1 atom stereocenters. The zero-order valence-corrected chi connectivity index (χ0v) is 14.2. The molecule has 1 aliphatic heterocycles. The molecule has 0 aromatic carbocycles. The number of methoxy groups -OCH3 is 1. The van der Waals surface area contributed by atoms with Gasteiger partial charge in [0.2, 0.25) is 5.91 Å². The minimum atomic E-state index is -0.596. The van der Waals surface area contributed by atoms with Crippen molar-refractivity contribution in [1.82, 2.24) is 20.2 Å². The Balaban J connectivity index is 1.81. The van der Waals surface area contributed by atoms with Gasteiger partial charge in [-0.15, -0.1) is 0 Å². The highest BCUT2D eigenvalue weighted by atomic mass is 16.5. The number of amides is 2. The summed E-state index contributed by atoms with van der Waals surface area (Å²) in [6, 6.07) is 0. The number of hydrogen-bond donors (Lipinski definition) is 1. The van der Waals surface area contributed by atoms with Gasteiger partial charge < -0.3 is 15.0 Å². The Kier molecular flexibility index (Phi) is 4.80. The van der Waals surface area contributed by atoms with E-state index in [0.717, 1.165) is 31.5 Å². The van der Waals surface area contributed by atoms with Crippen LogP contribution in [0.15, 0.2) is 12.4 Å². The molecule has 0 spiro atoms. The summed E-state index contributed by atoms with van der Waals surface area (Å²) >= 11 is 0. The van der Waals surface area contributed by atoms with Gasteiger partial charge in [-0.05, 0) is 25.7 Å². The maximum atomic E-state index is 13.0. The Morgan fingerprint density at radius 1 is 1.38 bits per heavy atom. The van der Waals surface area contributed by atoms with E-state index >= 15 is 0 Å². The molecule has 0 radical (unpaired) electrons. The molecule has 1 aromatic rings. The van der Waals surface area contributed by atoms with Crippen LogP contribution in [0, 0.1) is 0 Å². The van der Waals surface area contributed by atoms with Crippen LogP contribution in [0.3, 0.4) is 0 Å². The second-order valence-electron chi connectivity index (χ2n) is 6.67. The van der Waals surface area contributed by atoms with Crippen LogP contribution < -0.4 is 5.32 Å². The number of rotatable bonds is 6. The molecule has 2 fully saturated rings. The second-order valence-corrected chi connectivity index (χ2v) is 6.67. The molecule has 1 aromatic heterocycles. The fourth-order valence-corrected chi connectivity index (χ4v) is 3.45. The lowest BCUT2D eigenvalue weighted by Crippen LogP contribution is -2.52. The third-order valence-corrected chi connectivity index (χ3v) is 4.88. The lowest BCUT2D eigenvalue weighted by molar-refractivity contribution is -0.123. The first-order valence-corrected chi connectivity index (χ1v) is 8.43. The van der Waals surface area contributed by atoms with Crippen molar-refractivity contribution in [2.45, 2.75) is 43.6 Å². The monoisotopic (exact) mass is 332 g/mol. The number of nitrogens with one attached hydrogen (secondary N) is 1. The zero-order valence-electron chi connectivity index (χ0n) is 14.2. The average Bonchev–Trinajstić information content (AvgIpc) is 3.37. The van der Waals surface area contributed by atoms with E-state index < -0.39 is 5.54 Å². The van der Waals surface area contributed by atoms with Crippen molar-refractivity contribution < 1.29 is 14.3 Å². The van der Waals surface area contributed by atoms with Crippen LogP contribution in [0.25, 0.3) is 0 Å². The van der Waals surface area contributed by atoms with Gasteiger partial charge in [0.25, 0.3) is 5.91 Å². The van der Waals surface area contributed by atoms with Gasteiger partial charge in [0.05, 0.1) is 24.1 Å². The third kappa shape index (κ3) is 3.26. The van der Waals surface area contributed by atoms with Crippen molar-refractivity contribution in [2.75, 3.05) is 27.3 Å². The summed E-state index contributed by atoms with van der Waals surface area (Å²) in [6.07, 6.45) is 7.32. The highest BCUT2D eigenvalue weighted by Gasteiger charge is 2.45. The summed E-state index contributed by atoms with van der Waals surface area (Å²) in [7, 11) is 3.20. The van der Waals surface area contributed by atoms with Gasteiger partial charge in [-0.3, -0.25) is 9.59 Å². The molecule has 2 heterocycles. The lowest BCUT2D eigenvalue weighted by atomic mass is 9.92. The molecule has 0 unspecified atom stereocenters. The standard InChI is InChI=1S/C17H24N4O3/c1-18-14(22)8-17(11-24-2)6-3-7-21(17)16(23)13-9-19-15(20-10-13)12-4-5-12/h9-10,12H,3-8,11H2,1-2H3,(H,18,22)/t17-/m1/s1. The normalized spacial score (nSPS) is 23.3. The topological polar surface area (TPSA) is 84.4 Å². The first-order chi connectivity index (χ1) is 11.6. The van der Waals surface area contributed by atoms with Crippen molar-refractivity contribution >= 4 is 11.8 Å². The number of hydrogen-bond acceptors (Lipinski definition) is 5. The van der Waals surface area contributed by atoms with E-state index in [0.29, 0.717) is 24.6 Å². The minimum Gasteiger partial charge on any atom is -0.382 e. The summed E-state index contributed by atoms with van der Waals surface area (Å²) in [6.45, 7) is 0.955. The molecule has 130 valence electrons. The van der Waals surface area contributed by atoms with E-state index in [1.165, 1.54) is 0 Å². The number of ether oxygens (including phenoxy) is 1. The van der Waals surface area contributed by atoms with E-state index in [2.05, 4.69) is 15.3 Å². The van der Waals surface area contributed by atoms with Gasteiger partial charge in [-0.2, -0.15) is 0 Å². The molecule has 7 nitrogen and oxygen atoms in total. The van der Waals surface area contributed by atoms with Crippen molar-refractivity contribution in [2.24, 2.45) is 0 Å². The number of nitrogens with zero attached hydrogens (tertiary/aromatic N) is 3. The van der Waals surface area contributed by atoms with Crippen LogP contribution >= 0.6 is 0 Å². The van der Waals surface area contributed by atoms with Gasteiger partial charge in [-0.1, -0.05) is 0 Å². The molecule has 1 aliphatic carbocycles. The minimum absolute atomic E-state index is 0.0907. The van der Waals surface area contributed by atoms with Crippen molar-refractivity contribution in [3.05, 3.63) is 23.8 Å². The van der Waals surface area contributed by atoms with Gasteiger partial charge in [0.15, 0.2) is 0 Å². The van der Waals surface area contributed by atoms with Crippen LogP contribution in [0.2, 0.25) is 0 Å². The Labute approximate surface area is 141 Å². The van der Waals surface area contributed by atoms with E-state index in [1.807, 2.05) is 0 Å². The Hall–Kier alpha value is -2.02. The van der Waals surface area contributed by atoms with Crippen LogP contribution in [0.4, 0.5) is 0 Å². The molecule has 3 rings (SSSR count). The van der Waals surface area contributed by atoms with Gasteiger partial charge in [-0.25, -0.2) is 9.97 Å². The largest absolute Gasteiger partial charge is 0.382 e. The SMILES string of the molecule is CNC(=O)C[C@@]1(COC)CCCN1C(=O)c1cnc(C2CC2)nc1. The predicted octanol–water partition coefficient (Wildman–Crippen LogP) is 1.11. The number of likely N-dealkylation sites (tertiary alicyclic amines) is 1. The number of carbonyl (C=O) groups is 2. The van der Waals surface area contributed by atoms with Crippen molar-refractivity contribution in [3.63, 3.8) is 0 Å². The van der Waals surface area contributed by atoms with Crippen molar-refractivity contribution in [1.29, 1.82) is 0 Å². The maximum absolute atomic E-state index is 13.0. The highest BCUT2D eigenvalue weighted by Crippen LogP contribution is 2.38. The van der Waals surface area contributed by atoms with Gasteiger partial charge in [0, 0.05) is 39.0 Å². The smallest absolute Gasteiger partial charge is 0.257 e. The third-order valence-electron chi connectivity index (χ3n) is 4.88. The van der Waals surface area contributed by atoms with Crippen LogP contribution in [-0.4, -0.2) is 59.5 Å². The summed E-state index contributed by atoms with van der Waals surface area (Å²) in [4.78, 5) is 35.3. The second kappa shape index (κ2) is 6.84. The predicted molar refractivity (Wildman–Crippen MR) is 87.6 cm³/mol. The van der Waals surface area contributed by atoms with E-state index in [4.69, 9.17) is 4.74 Å². The molecule has 1 saturated carbocycles. The summed E-state index contributed by atoms with van der Waals surface area (Å²) < 4.78 is 5.34. The van der Waals surface area contributed by atoms with Crippen LogP contribution in [0.1, 0.15) is 54.2 Å². The summed E-state index contributed by atoms with van der Waals surface area (Å²) in [5.74, 6) is 1.06. The molecule has 2 aliphatic rings. The average molecular weight is 332 g/mol. The molecule has 0 bridgehead atoms. The first kappa shape index (κ1) is 16.8. The summed E-state index contributed by atoms with van der Waals surface area (Å²) in [5, 5.41) is 2.64. The number of carbonyl (C=O) groups excluding carboxylic acids is 2. The molecule has 7 heteroatoms. The van der Waals surface area contributed by atoms with Gasteiger partial charge >= 0.3 is 0 Å². The van der Waals surface area contributed by atoms with Crippen molar-refractivity contribution in [3.8, 4) is 0 Å². The molecular formula is C17H24N4O3. The molecule has 1 saturated heterocycles. The van der Waals surface area contributed by atoms with E-state index in [1.54, 1.807) is 31.5 Å². The Morgan fingerprint density at radius 3 is 2.67 bits per heavy atom. The Morgan fingerprint density at radius 2 is 2.08 bits per heavy atom. The zero-order chi connectivity index (χ0) is 17.2. The number of aromatic nitrogens is 2. The molecule has 1 N–H and O–H groups in total. The quantitative estimate of drug-likeness (QED) is 0.843. The maximum Gasteiger partial charge on any atom is 0.257 e. The highest BCUT2D eigenvalue weighted by molar-refractivity contribution is 5.95. The first-order valence-electron chi connectivity index (χ1n) is 8.43. The fourth-order valence-electron chi connectivity index (χ4n) is 3.45. The summed E-state index contributed by atoms with van der Waals surface area (Å²) in [5.41, 5.74) is -0.125. The van der Waals surface area contributed by atoms with Crippen LogP contribution in [-0.2, 0) is 9.53 Å². The van der Waals surface area contributed by atoms with Crippen LogP contribution in [0.5, 0.6) is 0 Å². The van der Waals surface area contributed by atoms with E-state index in [-0.39, 0.29) is 18.2 Å². The lowest BCUT2D eigenvalue weighted by Gasteiger charge is -2.37. The Bertz CT molecular complexity index is 615. The fraction of sp³-hybridized carbons (Fsp3) is 0.647.